The number of rotatable bonds is 21. The van der Waals surface area contributed by atoms with Gasteiger partial charge in [0.1, 0.15) is 23.0 Å². The number of aromatic hydroxyl groups is 4. The summed E-state index contributed by atoms with van der Waals surface area (Å²) in [5.41, 5.74) is 13.2. The van der Waals surface area contributed by atoms with Crippen LogP contribution in [0.5, 0.6) is 23.0 Å². The van der Waals surface area contributed by atoms with E-state index in [2.05, 4.69) is 31.3 Å². The highest BCUT2D eigenvalue weighted by atomic mass is 16.3. The molecule has 18 heteroatoms. The number of hydrogen-bond donors (Lipinski definition) is 10. The number of hydrogen-bond acceptors (Lipinski definition) is 16. The highest BCUT2D eigenvalue weighted by Crippen LogP contribution is 2.44. The number of carbonyl (C=O) groups excluding carboxylic acids is 4. The Kier molecular flexibility index (Phi) is 14.7. The monoisotopic (exact) mass is 876 g/mol. The molecule has 18 nitrogen and oxygen atoms in total. The number of carbonyl (C=O) groups is 4. The Morgan fingerprint density at radius 1 is 0.453 bits per heavy atom. The van der Waals surface area contributed by atoms with Gasteiger partial charge in [-0.05, 0) is 89.6 Å². The lowest BCUT2D eigenvalue weighted by Gasteiger charge is -2.24. The highest BCUT2D eigenvalue weighted by molar-refractivity contribution is 6.34. The number of phenolic OH excluding ortho intramolecular Hbond substituents is 4. The Morgan fingerprint density at radius 3 is 0.984 bits per heavy atom. The van der Waals surface area contributed by atoms with Gasteiger partial charge in [0.15, 0.2) is 0 Å². The predicted molar refractivity (Wildman–Crippen MR) is 249 cm³/mol. The third-order valence-electron chi connectivity index (χ3n) is 10.9. The summed E-state index contributed by atoms with van der Waals surface area (Å²) in [6, 6.07) is 11.5. The Hall–Kier alpha value is -7.18. The van der Waals surface area contributed by atoms with Gasteiger partial charge in [-0.2, -0.15) is 0 Å². The van der Waals surface area contributed by atoms with Crippen molar-refractivity contribution in [3.8, 4) is 23.0 Å². The molecule has 0 aromatic heterocycles. The summed E-state index contributed by atoms with van der Waals surface area (Å²) in [7, 11) is 7.63. The molecule has 0 aliphatic heterocycles. The molecular formula is C46H56N10O8. The van der Waals surface area contributed by atoms with E-state index >= 15 is 0 Å². The van der Waals surface area contributed by atoms with Gasteiger partial charge in [-0.25, -0.2) is 0 Å². The molecule has 0 radical (unpaired) electrons. The number of nitrogens with two attached hydrogens (primary N) is 2. The Balaban J connectivity index is 0.975. The second-order valence-corrected chi connectivity index (χ2v) is 16.1. The Labute approximate surface area is 371 Å². The number of benzene rings is 4. The van der Waals surface area contributed by atoms with E-state index in [1.807, 2.05) is 38.0 Å². The number of nitrogens with zero attached hydrogens (tertiary/aromatic N) is 4. The van der Waals surface area contributed by atoms with Crippen molar-refractivity contribution < 1.29 is 39.6 Å². The van der Waals surface area contributed by atoms with Gasteiger partial charge >= 0.3 is 0 Å². The van der Waals surface area contributed by atoms with Gasteiger partial charge in [0.25, 0.3) is 0 Å². The van der Waals surface area contributed by atoms with Crippen LogP contribution in [-0.2, 0) is 0 Å². The summed E-state index contributed by atoms with van der Waals surface area (Å²) >= 11 is 0. The van der Waals surface area contributed by atoms with Crippen molar-refractivity contribution in [3.63, 3.8) is 0 Å². The number of amidine groups is 2. The topological polar surface area (TPSA) is 281 Å². The fourth-order valence-corrected chi connectivity index (χ4v) is 7.70. The van der Waals surface area contributed by atoms with E-state index in [1.165, 1.54) is 36.4 Å². The second-order valence-electron chi connectivity index (χ2n) is 16.1. The third-order valence-corrected chi connectivity index (χ3v) is 10.9. The number of nitrogens with one attached hydrogen (secondary N) is 4. The molecule has 2 aliphatic rings. The molecular weight excluding hydrogens is 821 g/mol. The first-order valence-corrected chi connectivity index (χ1v) is 21.1. The van der Waals surface area contributed by atoms with Crippen LogP contribution in [0.4, 0.5) is 22.7 Å². The molecule has 0 fully saturated rings. The molecule has 12 N–H and O–H groups in total. The maximum Gasteiger partial charge on any atom is 0.200 e. The number of aliphatic imine (C=N–C) groups is 2. The molecule has 338 valence electrons. The zero-order chi connectivity index (χ0) is 46.2. The zero-order valence-corrected chi connectivity index (χ0v) is 36.5. The third kappa shape index (κ3) is 10.0. The SMILES string of the molecule is CN(C)CCNc1ccc(O)c2c1C(=O)c1c(O)ccc(NCCN=C(N)CCCCC(N)=NCCNc3ccc(O)c4c3C(=O)c3c(O)ccc(NCCN(C)C)c3C4=O)c1C2=O. The molecule has 4 aromatic carbocycles. The van der Waals surface area contributed by atoms with Crippen LogP contribution < -0.4 is 32.7 Å². The summed E-state index contributed by atoms with van der Waals surface area (Å²) in [6.07, 6.45) is 2.38. The Bertz CT molecular complexity index is 2360. The first-order chi connectivity index (χ1) is 30.6. The van der Waals surface area contributed by atoms with Gasteiger partial charge in [0, 0.05) is 74.9 Å². The van der Waals surface area contributed by atoms with Crippen molar-refractivity contribution >= 4 is 57.6 Å². The van der Waals surface area contributed by atoms with Crippen LogP contribution in [0.25, 0.3) is 0 Å². The average Bonchev–Trinajstić information content (AvgIpc) is 3.25. The highest BCUT2D eigenvalue weighted by Gasteiger charge is 2.39. The molecule has 0 saturated heterocycles. The number of fused-ring (bicyclic) bond motifs is 4. The van der Waals surface area contributed by atoms with Gasteiger partial charge in [-0.1, -0.05) is 0 Å². The molecule has 0 bridgehead atoms. The molecule has 6 rings (SSSR count). The smallest absolute Gasteiger partial charge is 0.200 e. The Morgan fingerprint density at radius 2 is 0.719 bits per heavy atom. The molecule has 0 unspecified atom stereocenters. The van der Waals surface area contributed by atoms with E-state index in [9.17, 15) is 39.6 Å². The van der Waals surface area contributed by atoms with Crippen molar-refractivity contribution in [1.29, 1.82) is 0 Å². The quantitative estimate of drug-likeness (QED) is 0.0213. The lowest BCUT2D eigenvalue weighted by molar-refractivity contribution is 0.0975. The molecule has 0 spiro atoms. The summed E-state index contributed by atoms with van der Waals surface area (Å²) in [5.74, 6) is -2.81. The average molecular weight is 877 g/mol. The maximum absolute atomic E-state index is 13.8. The number of anilines is 4. The normalized spacial score (nSPS) is 13.5. The van der Waals surface area contributed by atoms with Crippen LogP contribution in [-0.4, -0.2) is 146 Å². The summed E-state index contributed by atoms with van der Waals surface area (Å²) < 4.78 is 0. The first-order valence-electron chi connectivity index (χ1n) is 21.1. The summed E-state index contributed by atoms with van der Waals surface area (Å²) in [6.45, 7) is 3.35. The minimum absolute atomic E-state index is 0.0155. The molecule has 0 amide bonds. The van der Waals surface area contributed by atoms with Crippen molar-refractivity contribution in [2.45, 2.75) is 25.7 Å². The number of unbranched alkanes of at least 4 members (excludes halogenated alkanes) is 1. The van der Waals surface area contributed by atoms with E-state index in [0.29, 0.717) is 86.3 Å². The van der Waals surface area contributed by atoms with Crippen LogP contribution in [0.1, 0.15) is 89.4 Å². The van der Waals surface area contributed by atoms with Crippen molar-refractivity contribution in [2.75, 3.05) is 102 Å². The number of phenols is 4. The van der Waals surface area contributed by atoms with E-state index in [4.69, 9.17) is 11.5 Å². The minimum atomic E-state index is -0.587. The zero-order valence-electron chi connectivity index (χ0n) is 36.5. The molecule has 0 saturated carbocycles. The standard InChI is InChI=1S/C46H56N10O8/c1-55(2)23-21-51-27-11-15-31(59)41-37(27)45(63)39-29(57)13-9-25(35(39)43(41)61)49-17-19-53-33(47)7-5-6-8-34(48)54-20-18-50-26-10-14-30(58)40-36(26)44(62)42-32(60)16-12-28(38(42)46(40)64)52-22-24-56(3)4/h9-16,49-52,57-60H,5-8,17-24H2,1-4H3,(H2,47,53)(H2,48,54). The number of likely N-dealkylation sites (N-methyl/N-ethyl adjacent to an activating group) is 2. The molecule has 4 aromatic rings. The lowest BCUT2D eigenvalue weighted by atomic mass is 9.81. The van der Waals surface area contributed by atoms with E-state index in [-0.39, 0.29) is 93.7 Å². The van der Waals surface area contributed by atoms with Crippen molar-refractivity contribution in [3.05, 3.63) is 93.0 Å². The van der Waals surface area contributed by atoms with Gasteiger partial charge in [-0.3, -0.25) is 29.2 Å². The molecule has 2 aliphatic carbocycles. The molecule has 0 heterocycles. The van der Waals surface area contributed by atoms with Crippen LogP contribution in [0.3, 0.4) is 0 Å². The summed E-state index contributed by atoms with van der Waals surface area (Å²) in [5, 5.41) is 55.4. The van der Waals surface area contributed by atoms with Gasteiger partial charge in [0.2, 0.25) is 23.1 Å². The van der Waals surface area contributed by atoms with E-state index in [1.54, 1.807) is 12.1 Å². The second kappa shape index (κ2) is 20.3. The van der Waals surface area contributed by atoms with Crippen LogP contribution in [0.2, 0.25) is 0 Å². The van der Waals surface area contributed by atoms with Crippen molar-refractivity contribution in [1.82, 2.24) is 9.80 Å². The van der Waals surface area contributed by atoms with E-state index < -0.39 is 23.1 Å². The largest absolute Gasteiger partial charge is 0.507 e. The minimum Gasteiger partial charge on any atom is -0.507 e. The molecule has 64 heavy (non-hydrogen) atoms. The molecule has 0 atom stereocenters. The van der Waals surface area contributed by atoms with Crippen LogP contribution >= 0.6 is 0 Å². The maximum atomic E-state index is 13.8. The van der Waals surface area contributed by atoms with Crippen LogP contribution in [0.15, 0.2) is 58.5 Å². The van der Waals surface area contributed by atoms with Gasteiger partial charge in [0.05, 0.1) is 69.3 Å². The van der Waals surface area contributed by atoms with Gasteiger partial charge in [-0.15, -0.1) is 0 Å². The van der Waals surface area contributed by atoms with E-state index in [0.717, 1.165) is 0 Å². The predicted octanol–water partition coefficient (Wildman–Crippen LogP) is 3.81. The summed E-state index contributed by atoms with van der Waals surface area (Å²) in [4.78, 5) is 67.9. The van der Waals surface area contributed by atoms with Crippen molar-refractivity contribution in [2.24, 2.45) is 21.5 Å². The number of ketones is 4. The lowest BCUT2D eigenvalue weighted by Crippen LogP contribution is -2.26. The first kappa shape index (κ1) is 46.3. The fraction of sp³-hybridized carbons (Fsp3) is 0.348. The fourth-order valence-electron chi connectivity index (χ4n) is 7.70. The van der Waals surface area contributed by atoms with Crippen LogP contribution in [0, 0.1) is 0 Å². The van der Waals surface area contributed by atoms with Gasteiger partial charge < -0.3 is 63.0 Å².